The molecule has 1 aromatic rings. The average molecular weight is 362 g/mol. The van der Waals surface area contributed by atoms with Crippen LogP contribution >= 0.6 is 0 Å². The Morgan fingerprint density at radius 2 is 1.85 bits per heavy atom. The SMILES string of the molecule is CC[N+](C)=c1cc2oc3c4c5c(cc3c(C)c-2cc1C)CCCN5CCC4. The zero-order valence-electron chi connectivity index (χ0n) is 17.0. The molecule has 0 spiro atoms. The Hall–Kier alpha value is -2.29. The summed E-state index contributed by atoms with van der Waals surface area (Å²) in [5, 5.41) is 2.58. The van der Waals surface area contributed by atoms with E-state index in [-0.39, 0.29) is 0 Å². The standard InChI is InChI=1S/C24H29N2O/c1-5-25(4)21-14-22-19(12-15(21)2)16(3)20-13-17-8-6-10-26-11-7-9-18(23(17)26)24(20)27-22/h12-14H,5-11H2,1-4H3/q+1. The van der Waals surface area contributed by atoms with Crippen LogP contribution in [0.4, 0.5) is 5.69 Å². The van der Waals surface area contributed by atoms with Gasteiger partial charge < -0.3 is 9.32 Å². The lowest BCUT2D eigenvalue weighted by atomic mass is 9.88. The maximum absolute atomic E-state index is 6.63. The zero-order chi connectivity index (χ0) is 18.7. The second-order valence-electron chi connectivity index (χ2n) is 8.31. The van der Waals surface area contributed by atoms with Crippen molar-refractivity contribution in [3.8, 4) is 11.3 Å². The first-order valence-electron chi connectivity index (χ1n) is 10.4. The molecule has 27 heavy (non-hydrogen) atoms. The summed E-state index contributed by atoms with van der Waals surface area (Å²) in [4.78, 5) is 2.59. The monoisotopic (exact) mass is 361 g/mol. The Bertz CT molecular complexity index is 1100. The highest BCUT2D eigenvalue weighted by molar-refractivity contribution is 5.94. The number of hydrogen-bond donors (Lipinski definition) is 0. The molecule has 0 N–H and O–H groups in total. The second kappa shape index (κ2) is 6.12. The fourth-order valence-corrected chi connectivity index (χ4v) is 5.12. The van der Waals surface area contributed by atoms with E-state index >= 15 is 0 Å². The van der Waals surface area contributed by atoms with Crippen molar-refractivity contribution < 1.29 is 4.42 Å². The first kappa shape index (κ1) is 16.9. The van der Waals surface area contributed by atoms with Crippen molar-refractivity contribution in [3.63, 3.8) is 0 Å². The summed E-state index contributed by atoms with van der Waals surface area (Å²) < 4.78 is 8.93. The Morgan fingerprint density at radius 1 is 1.07 bits per heavy atom. The fourth-order valence-electron chi connectivity index (χ4n) is 5.12. The molecule has 0 fully saturated rings. The van der Waals surface area contributed by atoms with Crippen molar-refractivity contribution in [2.24, 2.45) is 0 Å². The fraction of sp³-hybridized carbons (Fsp3) is 0.458. The van der Waals surface area contributed by atoms with Crippen molar-refractivity contribution in [1.29, 1.82) is 0 Å². The number of aryl methyl sites for hydroxylation is 4. The predicted molar refractivity (Wildman–Crippen MR) is 113 cm³/mol. The number of rotatable bonds is 1. The van der Waals surface area contributed by atoms with E-state index in [4.69, 9.17) is 4.42 Å². The molecule has 3 aliphatic heterocycles. The summed E-state index contributed by atoms with van der Waals surface area (Å²) in [7, 11) is 2.15. The van der Waals surface area contributed by atoms with Gasteiger partial charge in [-0.05, 0) is 69.7 Å². The van der Waals surface area contributed by atoms with Gasteiger partial charge in [-0.3, -0.25) is 0 Å². The van der Waals surface area contributed by atoms with E-state index in [2.05, 4.69) is 55.5 Å². The van der Waals surface area contributed by atoms with Gasteiger partial charge in [-0.25, -0.2) is 4.58 Å². The van der Waals surface area contributed by atoms with Crippen LogP contribution < -0.4 is 14.8 Å². The van der Waals surface area contributed by atoms with Crippen LogP contribution in [0.25, 0.3) is 22.3 Å². The lowest BCUT2D eigenvalue weighted by Gasteiger charge is -2.37. The summed E-state index contributed by atoms with van der Waals surface area (Å²) in [6, 6.07) is 6.98. The summed E-state index contributed by atoms with van der Waals surface area (Å²) in [5.41, 5.74) is 9.52. The summed E-state index contributed by atoms with van der Waals surface area (Å²) in [6.07, 6.45) is 4.84. The van der Waals surface area contributed by atoms with Crippen LogP contribution in [0.1, 0.15) is 42.0 Å². The molecule has 0 radical (unpaired) electrons. The van der Waals surface area contributed by atoms with Crippen molar-refractivity contribution in [2.75, 3.05) is 31.6 Å². The summed E-state index contributed by atoms with van der Waals surface area (Å²) in [5.74, 6) is 1.02. The molecule has 1 aliphatic carbocycles. The van der Waals surface area contributed by atoms with Crippen LogP contribution in [0.15, 0.2) is 22.6 Å². The van der Waals surface area contributed by atoms with Crippen molar-refractivity contribution in [1.82, 2.24) is 4.58 Å². The minimum Gasteiger partial charge on any atom is -0.455 e. The molecule has 5 rings (SSSR count). The quantitative estimate of drug-likeness (QED) is 0.476. The van der Waals surface area contributed by atoms with Crippen LogP contribution in [-0.2, 0) is 12.8 Å². The van der Waals surface area contributed by atoms with Crippen LogP contribution in [0.5, 0.6) is 0 Å². The minimum atomic E-state index is 0.993. The third-order valence-electron chi connectivity index (χ3n) is 6.68. The molecule has 0 unspecified atom stereocenters. The highest BCUT2D eigenvalue weighted by Crippen LogP contribution is 2.43. The number of benzene rings is 2. The largest absolute Gasteiger partial charge is 0.455 e. The van der Waals surface area contributed by atoms with Crippen LogP contribution in [0.3, 0.4) is 0 Å². The van der Waals surface area contributed by atoms with Crippen molar-refractivity contribution in [3.05, 3.63) is 45.8 Å². The molecule has 3 nitrogen and oxygen atoms in total. The van der Waals surface area contributed by atoms with E-state index in [9.17, 15) is 0 Å². The molecular formula is C24H29N2O+. The van der Waals surface area contributed by atoms with Crippen molar-refractivity contribution >= 4 is 16.7 Å². The van der Waals surface area contributed by atoms with Gasteiger partial charge in [-0.2, -0.15) is 0 Å². The van der Waals surface area contributed by atoms with Gasteiger partial charge >= 0.3 is 0 Å². The van der Waals surface area contributed by atoms with Gasteiger partial charge in [-0.1, -0.05) is 0 Å². The van der Waals surface area contributed by atoms with E-state index in [0.717, 1.165) is 24.3 Å². The molecule has 0 bridgehead atoms. The number of nitrogens with zero attached hydrogens (tertiary/aromatic N) is 2. The van der Waals surface area contributed by atoms with Crippen LogP contribution in [0.2, 0.25) is 0 Å². The second-order valence-corrected chi connectivity index (χ2v) is 8.31. The third-order valence-corrected chi connectivity index (χ3v) is 6.68. The Labute approximate surface area is 161 Å². The number of hydrogen-bond acceptors (Lipinski definition) is 2. The summed E-state index contributed by atoms with van der Waals surface area (Å²) >= 11 is 0. The predicted octanol–water partition coefficient (Wildman–Crippen LogP) is 4.28. The molecule has 0 saturated carbocycles. The number of fused-ring (bicyclic) bond motifs is 3. The molecule has 4 aliphatic rings. The molecule has 0 aromatic heterocycles. The van der Waals surface area contributed by atoms with E-state index in [1.807, 2.05) is 0 Å². The molecule has 1 aromatic carbocycles. The van der Waals surface area contributed by atoms with Gasteiger partial charge in [0.2, 0.25) is 5.36 Å². The van der Waals surface area contributed by atoms with E-state index < -0.39 is 0 Å². The third kappa shape index (κ3) is 2.44. The van der Waals surface area contributed by atoms with Gasteiger partial charge in [0.25, 0.3) is 0 Å². The Kier molecular flexibility index (Phi) is 3.82. The van der Waals surface area contributed by atoms with Gasteiger partial charge in [-0.15, -0.1) is 0 Å². The molecular weight excluding hydrogens is 332 g/mol. The molecule has 0 atom stereocenters. The summed E-state index contributed by atoms with van der Waals surface area (Å²) in [6.45, 7) is 10.1. The maximum atomic E-state index is 6.63. The maximum Gasteiger partial charge on any atom is 0.206 e. The average Bonchev–Trinajstić information content (AvgIpc) is 2.69. The zero-order valence-corrected chi connectivity index (χ0v) is 17.0. The van der Waals surface area contributed by atoms with E-state index in [1.165, 1.54) is 76.6 Å². The van der Waals surface area contributed by atoms with Gasteiger partial charge in [0.05, 0.1) is 6.07 Å². The highest BCUT2D eigenvalue weighted by atomic mass is 16.3. The van der Waals surface area contributed by atoms with Crippen LogP contribution in [-0.4, -0.2) is 26.7 Å². The Morgan fingerprint density at radius 3 is 2.63 bits per heavy atom. The van der Waals surface area contributed by atoms with Crippen molar-refractivity contribution in [2.45, 2.75) is 46.5 Å². The molecule has 3 heterocycles. The van der Waals surface area contributed by atoms with Gasteiger partial charge in [0.15, 0.2) is 0 Å². The van der Waals surface area contributed by atoms with E-state index in [0.29, 0.717) is 0 Å². The molecule has 140 valence electrons. The normalized spacial score (nSPS) is 17.4. The first-order valence-corrected chi connectivity index (χ1v) is 10.4. The minimum absolute atomic E-state index is 0.993. The van der Waals surface area contributed by atoms with Gasteiger partial charge in [0.1, 0.15) is 24.9 Å². The highest BCUT2D eigenvalue weighted by Gasteiger charge is 2.28. The van der Waals surface area contributed by atoms with E-state index in [1.54, 1.807) is 0 Å². The molecule has 3 heteroatoms. The topological polar surface area (TPSA) is 19.4 Å². The lowest BCUT2D eigenvalue weighted by molar-refractivity contribution is 0.591. The smallest absolute Gasteiger partial charge is 0.206 e. The molecule has 0 amide bonds. The Balaban J connectivity index is 1.90. The number of anilines is 1. The lowest BCUT2D eigenvalue weighted by Crippen LogP contribution is -2.34. The van der Waals surface area contributed by atoms with Gasteiger partial charge in [0, 0.05) is 40.9 Å². The van der Waals surface area contributed by atoms with Crippen LogP contribution in [0, 0.1) is 13.8 Å². The first-order chi connectivity index (χ1) is 13.1. The molecule has 0 saturated heterocycles.